The number of carbonyl (C=O) groups is 2. The summed E-state index contributed by atoms with van der Waals surface area (Å²) < 4.78 is 12.5. The van der Waals surface area contributed by atoms with E-state index in [1.54, 1.807) is 12.1 Å². The molecule has 2 atom stereocenters. The van der Waals surface area contributed by atoms with Crippen LogP contribution < -0.4 is 14.1 Å². The standard InChI is InChI=1S/C26H38N2O6Si/c1-14(2)35(15(3)4,16(5)6)34-23-12-20-19(11-22(23)33-7)24(29)27-13-18(17-8-9-17)10-21(27)25(30)28(20)26(31)32/h11-17,21,25,30H,8-10H2,1-7H3,(H,31,32)/t21?,25-/m0/s1. The SMILES string of the molecule is COc1cc2c(cc1O[Si](C(C)C)(C(C)C)C(C)C)N(C(=O)O)[C@@H](O)C1CC(C3CC3)=CN1C2=O. The molecule has 4 rings (SSSR count). The Bertz CT molecular complexity index is 1030. The molecule has 0 spiro atoms. The second-order valence-corrected chi connectivity index (χ2v) is 16.3. The highest BCUT2D eigenvalue weighted by molar-refractivity contribution is 6.78. The second kappa shape index (κ2) is 9.17. The number of carboxylic acid groups (broad SMARTS) is 1. The van der Waals surface area contributed by atoms with E-state index in [1.807, 2.05) is 6.20 Å². The summed E-state index contributed by atoms with van der Waals surface area (Å²) in [6.45, 7) is 13.0. The number of anilines is 1. The van der Waals surface area contributed by atoms with Crippen LogP contribution in [0.1, 0.15) is 71.2 Å². The molecule has 1 aromatic rings. The first-order valence-electron chi connectivity index (χ1n) is 12.6. The van der Waals surface area contributed by atoms with Gasteiger partial charge >= 0.3 is 6.09 Å². The van der Waals surface area contributed by atoms with Crippen LogP contribution in [-0.2, 0) is 0 Å². The summed E-state index contributed by atoms with van der Waals surface area (Å²) >= 11 is 0. The summed E-state index contributed by atoms with van der Waals surface area (Å²) in [5.41, 5.74) is 2.25. The lowest BCUT2D eigenvalue weighted by atomic mass is 10.1. The molecule has 1 aromatic carbocycles. The van der Waals surface area contributed by atoms with E-state index in [-0.39, 0.29) is 33.8 Å². The topological polar surface area (TPSA) is 99.5 Å². The predicted octanol–water partition coefficient (Wildman–Crippen LogP) is 5.57. The number of ether oxygens (including phenoxy) is 1. The highest BCUT2D eigenvalue weighted by Crippen LogP contribution is 2.49. The molecule has 0 bridgehead atoms. The van der Waals surface area contributed by atoms with Crippen molar-refractivity contribution in [2.45, 2.75) is 89.7 Å². The summed E-state index contributed by atoms with van der Waals surface area (Å²) in [6, 6.07) is 2.49. The van der Waals surface area contributed by atoms with Crippen LogP contribution in [-0.4, -0.2) is 54.8 Å². The zero-order valence-corrected chi connectivity index (χ0v) is 22.7. The number of rotatable bonds is 7. The van der Waals surface area contributed by atoms with Crippen LogP contribution in [0.15, 0.2) is 23.9 Å². The lowest BCUT2D eigenvalue weighted by Crippen LogP contribution is -2.51. The third kappa shape index (κ3) is 4.12. The first-order valence-corrected chi connectivity index (χ1v) is 14.7. The van der Waals surface area contributed by atoms with Gasteiger partial charge in [0.15, 0.2) is 12.0 Å². The number of hydrogen-bond donors (Lipinski definition) is 2. The minimum absolute atomic E-state index is 0.126. The fraction of sp³-hybridized carbons (Fsp3) is 0.615. The smallest absolute Gasteiger partial charge is 0.414 e. The fourth-order valence-corrected chi connectivity index (χ4v) is 11.5. The van der Waals surface area contributed by atoms with Crippen LogP contribution >= 0.6 is 0 Å². The van der Waals surface area contributed by atoms with Crippen LogP contribution in [0.4, 0.5) is 10.5 Å². The molecule has 2 heterocycles. The number of aliphatic hydroxyl groups is 1. The highest BCUT2D eigenvalue weighted by Gasteiger charge is 2.49. The lowest BCUT2D eigenvalue weighted by Gasteiger charge is -2.42. The average Bonchev–Trinajstić information content (AvgIpc) is 3.54. The van der Waals surface area contributed by atoms with Crippen molar-refractivity contribution in [3.63, 3.8) is 0 Å². The molecule has 2 amide bonds. The number of hydrogen-bond acceptors (Lipinski definition) is 5. The van der Waals surface area contributed by atoms with Crippen LogP contribution in [0.5, 0.6) is 11.5 Å². The van der Waals surface area contributed by atoms with Gasteiger partial charge in [-0.05, 0) is 53.4 Å². The van der Waals surface area contributed by atoms with Gasteiger partial charge in [0, 0.05) is 12.3 Å². The molecule has 2 N–H and O–H groups in total. The first-order chi connectivity index (χ1) is 16.4. The Hall–Kier alpha value is -2.52. The minimum Gasteiger partial charge on any atom is -0.540 e. The largest absolute Gasteiger partial charge is 0.540 e. The number of amides is 2. The van der Waals surface area contributed by atoms with Gasteiger partial charge in [-0.25, -0.2) is 9.69 Å². The minimum atomic E-state index is -2.41. The molecule has 0 saturated heterocycles. The molecular formula is C26H38N2O6Si. The van der Waals surface area contributed by atoms with Gasteiger partial charge in [0.05, 0.1) is 24.4 Å². The molecule has 35 heavy (non-hydrogen) atoms. The summed E-state index contributed by atoms with van der Waals surface area (Å²) in [4.78, 5) is 28.5. The Kier molecular flexibility index (Phi) is 6.70. The van der Waals surface area contributed by atoms with Gasteiger partial charge in [-0.3, -0.25) is 4.79 Å². The molecule has 0 aromatic heterocycles. The summed E-state index contributed by atoms with van der Waals surface area (Å²) in [5.74, 6) is 0.885. The molecule has 1 unspecified atom stereocenters. The zero-order chi connectivity index (χ0) is 25.8. The number of fused-ring (bicyclic) bond motifs is 2. The van der Waals surface area contributed by atoms with Crippen molar-refractivity contribution in [1.29, 1.82) is 0 Å². The molecule has 0 radical (unpaired) electrons. The molecule has 2 aliphatic heterocycles. The van der Waals surface area contributed by atoms with E-state index < -0.39 is 26.7 Å². The van der Waals surface area contributed by atoms with Crippen LogP contribution in [0.25, 0.3) is 0 Å². The second-order valence-electron chi connectivity index (χ2n) is 11.0. The van der Waals surface area contributed by atoms with Crippen molar-refractivity contribution in [3.8, 4) is 11.5 Å². The number of carbonyl (C=O) groups excluding carboxylic acids is 1. The molecule has 9 heteroatoms. The molecular weight excluding hydrogens is 464 g/mol. The molecule has 192 valence electrons. The molecule has 1 aliphatic carbocycles. The molecule has 3 aliphatic rings. The van der Waals surface area contributed by atoms with Gasteiger partial charge in [-0.1, -0.05) is 41.5 Å². The fourth-order valence-electron chi connectivity index (χ4n) is 6.22. The van der Waals surface area contributed by atoms with Crippen molar-refractivity contribution in [2.75, 3.05) is 12.0 Å². The third-order valence-corrected chi connectivity index (χ3v) is 14.0. The monoisotopic (exact) mass is 502 g/mol. The van der Waals surface area contributed by atoms with E-state index in [9.17, 15) is 19.8 Å². The molecule has 1 fully saturated rings. The number of benzene rings is 1. The Labute approximate surface area is 208 Å². The maximum Gasteiger partial charge on any atom is 0.414 e. The molecule has 1 saturated carbocycles. The maximum absolute atomic E-state index is 13.7. The first kappa shape index (κ1) is 25.6. The van der Waals surface area contributed by atoms with Crippen LogP contribution in [0, 0.1) is 5.92 Å². The Morgan fingerprint density at radius 2 is 1.66 bits per heavy atom. The highest BCUT2D eigenvalue weighted by atomic mass is 28.4. The molecule has 8 nitrogen and oxygen atoms in total. The summed E-state index contributed by atoms with van der Waals surface area (Å²) in [7, 11) is -0.887. The van der Waals surface area contributed by atoms with Crippen LogP contribution in [0.3, 0.4) is 0 Å². The van der Waals surface area contributed by atoms with Crippen LogP contribution in [0.2, 0.25) is 16.6 Å². The Morgan fingerprint density at radius 1 is 1.06 bits per heavy atom. The van der Waals surface area contributed by atoms with Crippen molar-refractivity contribution < 1.29 is 29.0 Å². The van der Waals surface area contributed by atoms with Gasteiger partial charge in [0.1, 0.15) is 5.75 Å². The van der Waals surface area contributed by atoms with Crippen molar-refractivity contribution in [3.05, 3.63) is 29.5 Å². The Morgan fingerprint density at radius 3 is 2.14 bits per heavy atom. The summed E-state index contributed by atoms with van der Waals surface area (Å²) in [6.07, 6.45) is 1.71. The third-order valence-electron chi connectivity index (χ3n) is 8.02. The summed E-state index contributed by atoms with van der Waals surface area (Å²) in [5, 5.41) is 21.4. The van der Waals surface area contributed by atoms with E-state index >= 15 is 0 Å². The number of methoxy groups -OCH3 is 1. The van der Waals surface area contributed by atoms with E-state index in [0.29, 0.717) is 23.8 Å². The lowest BCUT2D eigenvalue weighted by molar-refractivity contribution is 0.0572. The zero-order valence-electron chi connectivity index (χ0n) is 21.7. The Balaban J connectivity index is 1.87. The van der Waals surface area contributed by atoms with Gasteiger partial charge < -0.3 is 24.3 Å². The van der Waals surface area contributed by atoms with Crippen molar-refractivity contribution in [1.82, 2.24) is 4.90 Å². The van der Waals surface area contributed by atoms with Gasteiger partial charge in [0.25, 0.3) is 14.2 Å². The van der Waals surface area contributed by atoms with Crippen molar-refractivity contribution in [2.24, 2.45) is 5.92 Å². The van der Waals surface area contributed by atoms with Gasteiger partial charge in [-0.15, -0.1) is 0 Å². The predicted molar refractivity (Wildman–Crippen MR) is 137 cm³/mol. The van der Waals surface area contributed by atoms with Crippen molar-refractivity contribution >= 4 is 26.0 Å². The van der Waals surface area contributed by atoms with Gasteiger partial charge in [0.2, 0.25) is 0 Å². The normalized spacial score (nSPS) is 22.4. The number of nitrogens with zero attached hydrogens (tertiary/aromatic N) is 2. The van der Waals surface area contributed by atoms with E-state index in [1.165, 1.54) is 12.0 Å². The van der Waals surface area contributed by atoms with Gasteiger partial charge in [-0.2, -0.15) is 0 Å². The van der Waals surface area contributed by atoms with E-state index in [0.717, 1.165) is 23.3 Å². The van der Waals surface area contributed by atoms with E-state index in [2.05, 4.69) is 41.5 Å². The quantitative estimate of drug-likeness (QED) is 0.473. The van der Waals surface area contributed by atoms with E-state index in [4.69, 9.17) is 9.16 Å². The maximum atomic E-state index is 13.7. The number of aliphatic hydroxyl groups excluding tert-OH is 1. The average molecular weight is 503 g/mol.